The van der Waals surface area contributed by atoms with Gasteiger partial charge in [-0.25, -0.2) is 4.79 Å². The number of carbonyl (C=O) groups is 1. The lowest BCUT2D eigenvalue weighted by Gasteiger charge is -2.23. The van der Waals surface area contributed by atoms with E-state index in [1.165, 1.54) is 22.2 Å². The van der Waals surface area contributed by atoms with Crippen molar-refractivity contribution < 1.29 is 9.53 Å². The molecule has 124 valence electrons. The van der Waals surface area contributed by atoms with E-state index in [2.05, 4.69) is 38.0 Å². The molecule has 1 aromatic rings. The summed E-state index contributed by atoms with van der Waals surface area (Å²) in [5, 5.41) is 8.64. The Labute approximate surface area is 145 Å². The molecule has 0 spiro atoms. The number of alkyl carbamates (subject to hydrolysis) is 1. The Kier molecular flexibility index (Phi) is 6.29. The second-order valence-electron chi connectivity index (χ2n) is 6.75. The number of thiophene rings is 1. The van der Waals surface area contributed by atoms with Crippen LogP contribution >= 0.6 is 27.3 Å². The first-order valence-electron chi connectivity index (χ1n) is 7.77. The minimum absolute atomic E-state index is 0.320. The van der Waals surface area contributed by atoms with Crippen LogP contribution in [0.2, 0.25) is 0 Å². The van der Waals surface area contributed by atoms with Crippen LogP contribution in [-0.2, 0) is 11.3 Å². The summed E-state index contributed by atoms with van der Waals surface area (Å²) in [5.74, 6) is 0.478. The van der Waals surface area contributed by atoms with E-state index in [0.717, 1.165) is 13.0 Å². The Morgan fingerprint density at radius 2 is 2.23 bits per heavy atom. The van der Waals surface area contributed by atoms with Crippen LogP contribution in [0, 0.1) is 5.92 Å². The van der Waals surface area contributed by atoms with Crippen molar-refractivity contribution in [3.63, 3.8) is 0 Å². The summed E-state index contributed by atoms with van der Waals surface area (Å²) >= 11 is 5.33. The molecule has 2 atom stereocenters. The molecule has 2 rings (SSSR count). The number of halogens is 1. The van der Waals surface area contributed by atoms with Crippen molar-refractivity contribution in [3.8, 4) is 0 Å². The summed E-state index contributed by atoms with van der Waals surface area (Å²) in [7, 11) is 0. The number of rotatable bonds is 5. The normalized spacial score (nSPS) is 21.8. The first kappa shape index (κ1) is 17.8. The van der Waals surface area contributed by atoms with E-state index in [-0.39, 0.29) is 6.09 Å². The van der Waals surface area contributed by atoms with Gasteiger partial charge in [-0.2, -0.15) is 0 Å². The van der Waals surface area contributed by atoms with Crippen molar-refractivity contribution in [2.75, 3.05) is 6.54 Å². The van der Waals surface area contributed by atoms with Gasteiger partial charge in [-0.3, -0.25) is 0 Å². The summed E-state index contributed by atoms with van der Waals surface area (Å²) in [6.45, 7) is 7.20. The molecule has 0 saturated heterocycles. The van der Waals surface area contributed by atoms with Crippen LogP contribution in [0.5, 0.6) is 0 Å². The zero-order valence-corrected chi connectivity index (χ0v) is 15.9. The average Bonchev–Trinajstić information content (AvgIpc) is 3.00. The minimum Gasteiger partial charge on any atom is -0.444 e. The number of hydrogen-bond donors (Lipinski definition) is 2. The largest absolute Gasteiger partial charge is 0.444 e. The van der Waals surface area contributed by atoms with Gasteiger partial charge in [0, 0.05) is 28.5 Å². The lowest BCUT2D eigenvalue weighted by Crippen LogP contribution is -2.40. The average molecular weight is 389 g/mol. The highest BCUT2D eigenvalue weighted by atomic mass is 79.9. The standard InChI is InChI=1S/C16H25BrN2O2S/c1-16(2,3)21-15(20)19-9-11-5-4-6-13(11)18-10-14-12(17)7-8-22-14/h7-8,11,13,18H,4-6,9-10H2,1-3H3,(H,19,20). The molecule has 0 bridgehead atoms. The maximum absolute atomic E-state index is 11.8. The van der Waals surface area contributed by atoms with Crippen LogP contribution in [-0.4, -0.2) is 24.3 Å². The van der Waals surface area contributed by atoms with Crippen LogP contribution < -0.4 is 10.6 Å². The fourth-order valence-corrected chi connectivity index (χ4v) is 4.20. The van der Waals surface area contributed by atoms with Crippen molar-refractivity contribution in [3.05, 3.63) is 20.8 Å². The Balaban J connectivity index is 1.76. The lowest BCUT2D eigenvalue weighted by molar-refractivity contribution is 0.0517. The van der Waals surface area contributed by atoms with Gasteiger partial charge in [0.25, 0.3) is 0 Å². The van der Waals surface area contributed by atoms with Crippen molar-refractivity contribution >= 4 is 33.4 Å². The zero-order chi connectivity index (χ0) is 16.2. The fourth-order valence-electron chi connectivity index (χ4n) is 2.75. The van der Waals surface area contributed by atoms with Crippen LogP contribution in [0.15, 0.2) is 15.9 Å². The van der Waals surface area contributed by atoms with E-state index in [0.29, 0.717) is 18.5 Å². The van der Waals surface area contributed by atoms with Crippen molar-refractivity contribution in [2.45, 2.75) is 58.2 Å². The Morgan fingerprint density at radius 1 is 1.45 bits per heavy atom. The number of ether oxygens (including phenoxy) is 1. The van der Waals surface area contributed by atoms with Gasteiger partial charge in [-0.15, -0.1) is 11.3 Å². The SMILES string of the molecule is CC(C)(C)OC(=O)NCC1CCCC1NCc1sccc1Br. The zero-order valence-electron chi connectivity index (χ0n) is 13.4. The first-order valence-corrected chi connectivity index (χ1v) is 9.44. The topological polar surface area (TPSA) is 50.4 Å². The molecule has 1 aliphatic rings. The minimum atomic E-state index is -0.442. The van der Waals surface area contributed by atoms with Gasteiger partial charge in [0.05, 0.1) is 0 Å². The molecule has 1 saturated carbocycles. The van der Waals surface area contributed by atoms with Gasteiger partial charge in [0.15, 0.2) is 0 Å². The highest BCUT2D eigenvalue weighted by molar-refractivity contribution is 9.10. The van der Waals surface area contributed by atoms with Gasteiger partial charge in [0.2, 0.25) is 0 Å². The summed E-state index contributed by atoms with van der Waals surface area (Å²) in [4.78, 5) is 13.1. The third-order valence-electron chi connectivity index (χ3n) is 3.78. The number of hydrogen-bond acceptors (Lipinski definition) is 4. The van der Waals surface area contributed by atoms with Crippen LogP contribution in [0.25, 0.3) is 0 Å². The first-order chi connectivity index (χ1) is 10.3. The Morgan fingerprint density at radius 3 is 2.86 bits per heavy atom. The quantitative estimate of drug-likeness (QED) is 0.790. The highest BCUT2D eigenvalue weighted by Gasteiger charge is 2.28. The van der Waals surface area contributed by atoms with Crippen molar-refractivity contribution in [1.82, 2.24) is 10.6 Å². The third-order valence-corrected chi connectivity index (χ3v) is 5.71. The molecule has 0 aliphatic heterocycles. The van der Waals surface area contributed by atoms with Gasteiger partial charge < -0.3 is 15.4 Å². The molecule has 0 aromatic carbocycles. The smallest absolute Gasteiger partial charge is 0.407 e. The molecule has 0 radical (unpaired) electrons. The predicted octanol–water partition coefficient (Wildman–Crippen LogP) is 4.29. The van der Waals surface area contributed by atoms with E-state index < -0.39 is 5.60 Å². The Bertz CT molecular complexity index is 499. The summed E-state index contributed by atoms with van der Waals surface area (Å²) in [5.41, 5.74) is -0.442. The van der Waals surface area contributed by atoms with Gasteiger partial charge in [0.1, 0.15) is 5.60 Å². The fraction of sp³-hybridized carbons (Fsp3) is 0.688. The molecular weight excluding hydrogens is 364 g/mol. The summed E-state index contributed by atoms with van der Waals surface area (Å²) < 4.78 is 6.46. The molecule has 1 aromatic heterocycles. The number of amides is 1. The molecule has 1 amide bonds. The number of carbonyl (C=O) groups excluding carboxylic acids is 1. The monoisotopic (exact) mass is 388 g/mol. The van der Waals surface area contributed by atoms with E-state index in [1.54, 1.807) is 11.3 Å². The van der Waals surface area contributed by atoms with Crippen LogP contribution in [0.3, 0.4) is 0 Å². The van der Waals surface area contributed by atoms with Crippen molar-refractivity contribution in [1.29, 1.82) is 0 Å². The third kappa shape index (κ3) is 5.56. The molecule has 22 heavy (non-hydrogen) atoms. The lowest BCUT2D eigenvalue weighted by atomic mass is 10.0. The number of nitrogens with one attached hydrogen (secondary N) is 2. The van der Waals surface area contributed by atoms with E-state index in [4.69, 9.17) is 4.74 Å². The molecule has 1 heterocycles. The maximum atomic E-state index is 11.8. The molecule has 6 heteroatoms. The molecule has 2 N–H and O–H groups in total. The molecule has 4 nitrogen and oxygen atoms in total. The second kappa shape index (κ2) is 7.79. The molecule has 2 unspecified atom stereocenters. The Hall–Kier alpha value is -0.590. The van der Waals surface area contributed by atoms with Crippen molar-refractivity contribution in [2.24, 2.45) is 5.92 Å². The predicted molar refractivity (Wildman–Crippen MR) is 94.2 cm³/mol. The molecule has 1 aliphatic carbocycles. The highest BCUT2D eigenvalue weighted by Crippen LogP contribution is 2.27. The van der Waals surface area contributed by atoms with Gasteiger partial charge in [-0.1, -0.05) is 6.42 Å². The summed E-state index contributed by atoms with van der Waals surface area (Å²) in [6, 6.07) is 2.54. The maximum Gasteiger partial charge on any atom is 0.407 e. The second-order valence-corrected chi connectivity index (χ2v) is 8.61. The van der Waals surface area contributed by atoms with E-state index >= 15 is 0 Å². The van der Waals surface area contributed by atoms with E-state index in [9.17, 15) is 4.79 Å². The molecule has 1 fully saturated rings. The van der Waals surface area contributed by atoms with Gasteiger partial charge in [-0.05, 0) is 66.9 Å². The van der Waals surface area contributed by atoms with Crippen LogP contribution in [0.4, 0.5) is 4.79 Å². The van der Waals surface area contributed by atoms with Crippen LogP contribution in [0.1, 0.15) is 44.9 Å². The van der Waals surface area contributed by atoms with E-state index in [1.807, 2.05) is 20.8 Å². The van der Waals surface area contributed by atoms with Gasteiger partial charge >= 0.3 is 6.09 Å². The summed E-state index contributed by atoms with van der Waals surface area (Å²) in [6.07, 6.45) is 3.21. The molecular formula is C16H25BrN2O2S.